The minimum Gasteiger partial charge on any atom is -0.485 e. The third-order valence-electron chi connectivity index (χ3n) is 6.05. The molecule has 0 radical (unpaired) electrons. The first-order chi connectivity index (χ1) is 18.7. The van der Waals surface area contributed by atoms with Crippen LogP contribution in [-0.4, -0.2) is 36.3 Å². The Kier molecular flexibility index (Phi) is 8.69. The van der Waals surface area contributed by atoms with Gasteiger partial charge in [0, 0.05) is 39.3 Å². The van der Waals surface area contributed by atoms with E-state index in [4.69, 9.17) is 27.9 Å². The number of ether oxygens (including phenoxy) is 1. The standard InChI is InChI=1S/C29H26Cl2N4O4/c1-17-28(39-16-22-23(30)11-7-12-24(22)31)27(21-10-4-5-13-25(21)33-17)35(3)26(37)15-32-29(38)34-20-9-6-8-19(14-20)18(2)36/h4-14H,15-16H2,1-3H3,(H2,32,34,38). The molecular formula is C29H26Cl2N4O4. The van der Waals surface area contributed by atoms with Crippen molar-refractivity contribution in [2.75, 3.05) is 23.8 Å². The van der Waals surface area contributed by atoms with E-state index in [9.17, 15) is 14.4 Å². The largest absolute Gasteiger partial charge is 0.485 e. The first kappa shape index (κ1) is 27.9. The van der Waals surface area contributed by atoms with E-state index in [2.05, 4.69) is 15.6 Å². The van der Waals surface area contributed by atoms with Crippen LogP contribution in [0.1, 0.15) is 28.5 Å². The molecule has 0 atom stereocenters. The number of ketones is 1. The zero-order chi connectivity index (χ0) is 28.1. The minimum absolute atomic E-state index is 0.0639. The third kappa shape index (κ3) is 6.47. The molecule has 39 heavy (non-hydrogen) atoms. The summed E-state index contributed by atoms with van der Waals surface area (Å²) in [6.07, 6.45) is 0. The second kappa shape index (κ2) is 12.1. The molecule has 1 heterocycles. The second-order valence-electron chi connectivity index (χ2n) is 8.78. The number of aromatic nitrogens is 1. The summed E-state index contributed by atoms with van der Waals surface area (Å²) in [6.45, 7) is 3.01. The highest BCUT2D eigenvalue weighted by molar-refractivity contribution is 6.36. The molecule has 8 nitrogen and oxygen atoms in total. The molecule has 2 N–H and O–H groups in total. The number of likely N-dealkylation sites (N-methyl/N-ethyl adjacent to an activating group) is 1. The van der Waals surface area contributed by atoms with Crippen LogP contribution in [0.15, 0.2) is 66.7 Å². The molecule has 1 aromatic heterocycles. The number of rotatable bonds is 8. The summed E-state index contributed by atoms with van der Waals surface area (Å²) < 4.78 is 6.18. The number of carbonyl (C=O) groups excluding carboxylic acids is 3. The molecule has 0 unspecified atom stereocenters. The molecule has 0 spiro atoms. The Morgan fingerprint density at radius 3 is 2.38 bits per heavy atom. The lowest BCUT2D eigenvalue weighted by molar-refractivity contribution is -0.117. The zero-order valence-corrected chi connectivity index (χ0v) is 23.1. The van der Waals surface area contributed by atoms with E-state index in [1.54, 1.807) is 56.4 Å². The Hall–Kier alpha value is -4.14. The van der Waals surface area contributed by atoms with Gasteiger partial charge in [0.1, 0.15) is 6.61 Å². The molecule has 0 aliphatic carbocycles. The number of Topliss-reactive ketones (excluding diaryl/α,β-unsaturated/α-hetero) is 1. The number of halogens is 2. The quantitative estimate of drug-likeness (QED) is 0.240. The van der Waals surface area contributed by atoms with Crippen molar-refractivity contribution < 1.29 is 19.1 Å². The predicted molar refractivity (Wildman–Crippen MR) is 154 cm³/mol. The van der Waals surface area contributed by atoms with Crippen LogP contribution < -0.4 is 20.3 Å². The fourth-order valence-corrected chi connectivity index (χ4v) is 4.51. The maximum atomic E-state index is 13.3. The van der Waals surface area contributed by atoms with Gasteiger partial charge in [-0.3, -0.25) is 9.59 Å². The van der Waals surface area contributed by atoms with Crippen LogP contribution in [0.25, 0.3) is 10.9 Å². The van der Waals surface area contributed by atoms with Gasteiger partial charge in [0.15, 0.2) is 11.5 Å². The van der Waals surface area contributed by atoms with E-state index in [1.165, 1.54) is 11.8 Å². The van der Waals surface area contributed by atoms with Crippen LogP contribution in [0.2, 0.25) is 10.0 Å². The van der Waals surface area contributed by atoms with Gasteiger partial charge in [-0.15, -0.1) is 0 Å². The fourth-order valence-electron chi connectivity index (χ4n) is 4.01. The van der Waals surface area contributed by atoms with E-state index in [1.807, 2.05) is 24.3 Å². The van der Waals surface area contributed by atoms with Crippen molar-refractivity contribution in [1.29, 1.82) is 0 Å². The lowest BCUT2D eigenvalue weighted by atomic mass is 10.1. The lowest BCUT2D eigenvalue weighted by Crippen LogP contribution is -2.40. The molecular weight excluding hydrogens is 539 g/mol. The molecule has 0 aliphatic heterocycles. The summed E-state index contributed by atoms with van der Waals surface area (Å²) in [6, 6.07) is 18.5. The maximum Gasteiger partial charge on any atom is 0.319 e. The van der Waals surface area contributed by atoms with E-state index < -0.39 is 6.03 Å². The van der Waals surface area contributed by atoms with Crippen molar-refractivity contribution in [3.63, 3.8) is 0 Å². The van der Waals surface area contributed by atoms with Crippen LogP contribution >= 0.6 is 23.2 Å². The van der Waals surface area contributed by atoms with Crippen molar-refractivity contribution in [2.24, 2.45) is 0 Å². The number of benzene rings is 3. The second-order valence-corrected chi connectivity index (χ2v) is 9.59. The van der Waals surface area contributed by atoms with Gasteiger partial charge in [-0.05, 0) is 44.2 Å². The summed E-state index contributed by atoms with van der Waals surface area (Å²) in [5.41, 5.74) is 3.27. The lowest BCUT2D eigenvalue weighted by Gasteiger charge is -2.24. The Morgan fingerprint density at radius 1 is 0.974 bits per heavy atom. The first-order valence-corrected chi connectivity index (χ1v) is 12.8. The number of pyridine rings is 1. The zero-order valence-electron chi connectivity index (χ0n) is 21.5. The number of amides is 3. The summed E-state index contributed by atoms with van der Waals surface area (Å²) >= 11 is 12.7. The molecule has 0 saturated carbocycles. The Morgan fingerprint density at radius 2 is 1.67 bits per heavy atom. The number of carbonyl (C=O) groups is 3. The molecule has 0 bridgehead atoms. The molecule has 0 saturated heterocycles. The van der Waals surface area contributed by atoms with Crippen molar-refractivity contribution in [3.8, 4) is 5.75 Å². The topological polar surface area (TPSA) is 101 Å². The number of hydrogen-bond acceptors (Lipinski definition) is 5. The molecule has 4 aromatic rings. The number of fused-ring (bicyclic) bond motifs is 1. The predicted octanol–water partition coefficient (Wildman–Crippen LogP) is 6.42. The number of aryl methyl sites for hydroxylation is 1. The number of nitrogens with one attached hydrogen (secondary N) is 2. The number of para-hydroxylation sites is 1. The monoisotopic (exact) mass is 564 g/mol. The Bertz CT molecular complexity index is 1550. The van der Waals surface area contributed by atoms with Crippen LogP contribution in [0.4, 0.5) is 16.2 Å². The summed E-state index contributed by atoms with van der Waals surface area (Å²) in [5.74, 6) is -0.115. The highest BCUT2D eigenvalue weighted by Gasteiger charge is 2.23. The summed E-state index contributed by atoms with van der Waals surface area (Å²) in [4.78, 5) is 43.4. The SMILES string of the molecule is CC(=O)c1cccc(NC(=O)NCC(=O)N(C)c2c(OCc3c(Cl)cccc3Cl)c(C)nc3ccccc23)c1. The van der Waals surface area contributed by atoms with Gasteiger partial charge in [0.05, 0.1) is 23.4 Å². The molecule has 0 fully saturated rings. The molecule has 200 valence electrons. The third-order valence-corrected chi connectivity index (χ3v) is 6.76. The van der Waals surface area contributed by atoms with E-state index in [-0.39, 0.29) is 24.8 Å². The number of nitrogens with zero attached hydrogens (tertiary/aromatic N) is 2. The maximum absolute atomic E-state index is 13.3. The minimum atomic E-state index is -0.585. The Labute approximate surface area is 235 Å². The molecule has 0 aliphatic rings. The highest BCUT2D eigenvalue weighted by Crippen LogP contribution is 2.38. The van der Waals surface area contributed by atoms with Crippen molar-refractivity contribution in [2.45, 2.75) is 20.5 Å². The molecule has 3 amide bonds. The Balaban J connectivity index is 1.55. The van der Waals surface area contributed by atoms with Gasteiger partial charge in [-0.2, -0.15) is 0 Å². The van der Waals surface area contributed by atoms with Gasteiger partial charge in [0.2, 0.25) is 5.91 Å². The van der Waals surface area contributed by atoms with Crippen molar-refractivity contribution in [1.82, 2.24) is 10.3 Å². The normalized spacial score (nSPS) is 10.7. The van der Waals surface area contributed by atoms with Crippen LogP contribution in [0.5, 0.6) is 5.75 Å². The summed E-state index contributed by atoms with van der Waals surface area (Å²) in [7, 11) is 1.61. The van der Waals surface area contributed by atoms with E-state index in [0.717, 1.165) is 0 Å². The molecule has 4 rings (SSSR count). The fraction of sp³-hybridized carbons (Fsp3) is 0.172. The van der Waals surface area contributed by atoms with E-state index in [0.29, 0.717) is 54.9 Å². The van der Waals surface area contributed by atoms with Crippen molar-refractivity contribution in [3.05, 3.63) is 93.6 Å². The van der Waals surface area contributed by atoms with Gasteiger partial charge >= 0.3 is 6.03 Å². The van der Waals surface area contributed by atoms with Gasteiger partial charge in [-0.25, -0.2) is 9.78 Å². The van der Waals surface area contributed by atoms with E-state index >= 15 is 0 Å². The van der Waals surface area contributed by atoms with Crippen LogP contribution in [-0.2, 0) is 11.4 Å². The summed E-state index contributed by atoms with van der Waals surface area (Å²) in [5, 5.41) is 6.83. The number of urea groups is 1. The average molecular weight is 565 g/mol. The van der Waals surface area contributed by atoms with Gasteiger partial charge < -0.3 is 20.3 Å². The van der Waals surface area contributed by atoms with Gasteiger partial charge in [0.25, 0.3) is 0 Å². The highest BCUT2D eigenvalue weighted by atomic mass is 35.5. The van der Waals surface area contributed by atoms with Crippen LogP contribution in [0, 0.1) is 6.92 Å². The first-order valence-electron chi connectivity index (χ1n) is 12.0. The molecule has 3 aromatic carbocycles. The molecule has 10 heteroatoms. The number of anilines is 2. The number of hydrogen-bond donors (Lipinski definition) is 2. The average Bonchev–Trinajstić information content (AvgIpc) is 2.91. The smallest absolute Gasteiger partial charge is 0.319 e. The van der Waals surface area contributed by atoms with Crippen molar-refractivity contribution >= 4 is 63.2 Å². The van der Waals surface area contributed by atoms with Gasteiger partial charge in [-0.1, -0.05) is 59.6 Å². The van der Waals surface area contributed by atoms with Crippen LogP contribution in [0.3, 0.4) is 0 Å².